The van der Waals surface area contributed by atoms with E-state index in [1.807, 2.05) is 50.2 Å². The summed E-state index contributed by atoms with van der Waals surface area (Å²) in [5.74, 6) is -0.699. The van der Waals surface area contributed by atoms with Crippen molar-refractivity contribution in [2.45, 2.75) is 25.8 Å². The zero-order valence-corrected chi connectivity index (χ0v) is 20.4. The minimum absolute atomic E-state index is 0.354. The summed E-state index contributed by atoms with van der Waals surface area (Å²) in [5.41, 5.74) is 5.15. The lowest BCUT2D eigenvalue weighted by Gasteiger charge is -2.33. The molecule has 1 aliphatic rings. The van der Waals surface area contributed by atoms with Gasteiger partial charge < -0.3 is 10.6 Å². The van der Waals surface area contributed by atoms with E-state index in [9.17, 15) is 14.9 Å². The van der Waals surface area contributed by atoms with Gasteiger partial charge >= 0.3 is 0 Å². The first-order chi connectivity index (χ1) is 17.4. The molecule has 2 N–H and O–H groups in total. The molecule has 178 valence electrons. The van der Waals surface area contributed by atoms with Crippen LogP contribution in [0.5, 0.6) is 0 Å². The Morgan fingerprint density at radius 1 is 1.03 bits per heavy atom. The molecule has 4 aromatic rings. The predicted molar refractivity (Wildman–Crippen MR) is 137 cm³/mol. The van der Waals surface area contributed by atoms with Gasteiger partial charge in [-0.2, -0.15) is 10.4 Å². The van der Waals surface area contributed by atoms with Crippen LogP contribution in [0.15, 0.2) is 72.8 Å². The minimum atomic E-state index is -0.900. The van der Waals surface area contributed by atoms with Crippen LogP contribution < -0.4 is 10.6 Å². The Hall–Kier alpha value is -4.41. The summed E-state index contributed by atoms with van der Waals surface area (Å²) in [5, 5.41) is 20.4. The summed E-state index contributed by atoms with van der Waals surface area (Å²) < 4.78 is 1.72. The van der Waals surface area contributed by atoms with Crippen LogP contribution >= 0.6 is 11.6 Å². The molecule has 1 aliphatic heterocycles. The van der Waals surface area contributed by atoms with Gasteiger partial charge in [0.1, 0.15) is 11.9 Å². The van der Waals surface area contributed by atoms with Gasteiger partial charge in [0.2, 0.25) is 5.91 Å². The average Bonchev–Trinajstić information content (AvgIpc) is 3.20. The van der Waals surface area contributed by atoms with Crippen LogP contribution in [0.3, 0.4) is 0 Å². The molecule has 1 aromatic heterocycles. The Morgan fingerprint density at radius 2 is 1.69 bits per heavy atom. The maximum absolute atomic E-state index is 13.5. The first-order valence-electron chi connectivity index (χ1n) is 11.4. The first kappa shape index (κ1) is 23.3. The van der Waals surface area contributed by atoms with Gasteiger partial charge in [-0.05, 0) is 67.9 Å². The Kier molecular flexibility index (Phi) is 6.05. The number of amides is 2. The highest BCUT2D eigenvalue weighted by Crippen LogP contribution is 2.40. The molecule has 36 heavy (non-hydrogen) atoms. The Bertz CT molecular complexity index is 1500. The van der Waals surface area contributed by atoms with Crippen LogP contribution in [0.25, 0.3) is 5.69 Å². The van der Waals surface area contributed by atoms with E-state index in [0.29, 0.717) is 22.0 Å². The number of nitriles is 1. The van der Waals surface area contributed by atoms with Gasteiger partial charge in [0.15, 0.2) is 0 Å². The third kappa shape index (κ3) is 4.23. The number of nitrogens with one attached hydrogen (secondary N) is 2. The standard InChI is InChI=1S/C28H22ClN5O2/c1-16-3-13-22(14-4-16)34-26-23(17(2)33-34)24(19-7-5-18(15-30)6-8-19)25(28(36)32-26)31-27(35)20-9-11-21(29)12-10-20/h3-14,24-25H,1-2H3,(H,31,35)(H,32,36)/t24-,25+/m1/s1. The highest BCUT2D eigenvalue weighted by Gasteiger charge is 2.41. The first-order valence-corrected chi connectivity index (χ1v) is 11.8. The van der Waals surface area contributed by atoms with Crippen molar-refractivity contribution in [3.63, 3.8) is 0 Å². The molecule has 2 amide bonds. The fraction of sp³-hybridized carbons (Fsp3) is 0.143. The van der Waals surface area contributed by atoms with Gasteiger partial charge in [-0.3, -0.25) is 9.59 Å². The zero-order valence-electron chi connectivity index (χ0n) is 19.6. The maximum Gasteiger partial charge on any atom is 0.251 e. The van der Waals surface area contributed by atoms with E-state index >= 15 is 0 Å². The molecule has 0 radical (unpaired) electrons. The molecular weight excluding hydrogens is 474 g/mol. The van der Waals surface area contributed by atoms with E-state index in [1.165, 1.54) is 0 Å². The normalized spacial score (nSPS) is 16.6. The Labute approximate surface area is 213 Å². The molecule has 5 rings (SSSR count). The molecule has 0 fully saturated rings. The number of anilines is 1. The molecule has 8 heteroatoms. The highest BCUT2D eigenvalue weighted by atomic mass is 35.5. The third-order valence-electron chi connectivity index (χ3n) is 6.35. The quantitative estimate of drug-likeness (QED) is 0.420. The number of fused-ring (bicyclic) bond motifs is 1. The molecule has 7 nitrogen and oxygen atoms in total. The molecule has 0 spiro atoms. The monoisotopic (exact) mass is 495 g/mol. The molecule has 2 heterocycles. The smallest absolute Gasteiger partial charge is 0.251 e. The molecule has 0 unspecified atom stereocenters. The second-order valence-electron chi connectivity index (χ2n) is 8.75. The molecule has 0 saturated carbocycles. The lowest BCUT2D eigenvalue weighted by atomic mass is 9.81. The van der Waals surface area contributed by atoms with E-state index in [4.69, 9.17) is 16.7 Å². The lowest BCUT2D eigenvalue weighted by Crippen LogP contribution is -2.50. The van der Waals surface area contributed by atoms with Gasteiger partial charge in [-0.15, -0.1) is 0 Å². The molecule has 2 atom stereocenters. The average molecular weight is 496 g/mol. The summed E-state index contributed by atoms with van der Waals surface area (Å²) in [4.78, 5) is 26.6. The van der Waals surface area contributed by atoms with Crippen LogP contribution in [0.1, 0.15) is 44.2 Å². The van der Waals surface area contributed by atoms with Gasteiger partial charge in [-0.1, -0.05) is 41.4 Å². The highest BCUT2D eigenvalue weighted by molar-refractivity contribution is 6.30. The van der Waals surface area contributed by atoms with Crippen LogP contribution in [0, 0.1) is 25.2 Å². The summed E-state index contributed by atoms with van der Waals surface area (Å²) in [6.45, 7) is 3.89. The second kappa shape index (κ2) is 9.33. The number of hydrogen-bond donors (Lipinski definition) is 2. The molecule has 0 aliphatic carbocycles. The van der Waals surface area contributed by atoms with Crippen molar-refractivity contribution in [2.24, 2.45) is 0 Å². The maximum atomic E-state index is 13.5. The van der Waals surface area contributed by atoms with Crippen LogP contribution in [0.4, 0.5) is 5.82 Å². The van der Waals surface area contributed by atoms with Crippen LogP contribution in [-0.4, -0.2) is 27.6 Å². The third-order valence-corrected chi connectivity index (χ3v) is 6.60. The fourth-order valence-corrected chi connectivity index (χ4v) is 4.64. The largest absolute Gasteiger partial charge is 0.339 e. The van der Waals surface area contributed by atoms with E-state index in [2.05, 4.69) is 16.7 Å². The van der Waals surface area contributed by atoms with Crippen molar-refractivity contribution >= 4 is 29.2 Å². The fourth-order valence-electron chi connectivity index (χ4n) is 4.52. The number of rotatable bonds is 4. The van der Waals surface area contributed by atoms with Gasteiger partial charge in [0.05, 0.1) is 23.0 Å². The van der Waals surface area contributed by atoms with Crippen molar-refractivity contribution in [1.82, 2.24) is 15.1 Å². The molecule has 3 aromatic carbocycles. The van der Waals surface area contributed by atoms with Gasteiger partial charge in [0, 0.05) is 22.1 Å². The van der Waals surface area contributed by atoms with Gasteiger partial charge in [-0.25, -0.2) is 4.68 Å². The minimum Gasteiger partial charge on any atom is -0.339 e. The van der Waals surface area contributed by atoms with Crippen molar-refractivity contribution in [3.8, 4) is 11.8 Å². The molecule has 0 saturated heterocycles. The van der Waals surface area contributed by atoms with Crippen molar-refractivity contribution in [2.75, 3.05) is 5.32 Å². The number of nitrogens with zero attached hydrogens (tertiary/aromatic N) is 3. The Balaban J connectivity index is 1.61. The SMILES string of the molecule is Cc1ccc(-n2nc(C)c3c2NC(=O)[C@@H](NC(=O)c2ccc(Cl)cc2)[C@@H]3c2ccc(C#N)cc2)cc1. The number of aryl methyl sites for hydroxylation is 2. The number of benzene rings is 3. The van der Waals surface area contributed by atoms with Crippen molar-refractivity contribution in [3.05, 3.63) is 111 Å². The summed E-state index contributed by atoms with van der Waals surface area (Å²) in [6, 6.07) is 22.6. The number of carbonyl (C=O) groups excluding carboxylic acids is 2. The summed E-state index contributed by atoms with van der Waals surface area (Å²) >= 11 is 5.97. The van der Waals surface area contributed by atoms with Gasteiger partial charge in [0.25, 0.3) is 5.91 Å². The summed E-state index contributed by atoms with van der Waals surface area (Å²) in [7, 11) is 0. The van der Waals surface area contributed by atoms with E-state index < -0.39 is 17.9 Å². The Morgan fingerprint density at radius 3 is 2.33 bits per heavy atom. The topological polar surface area (TPSA) is 99.8 Å². The lowest BCUT2D eigenvalue weighted by molar-refractivity contribution is -0.118. The molecule has 0 bridgehead atoms. The van der Waals surface area contributed by atoms with Crippen molar-refractivity contribution in [1.29, 1.82) is 5.26 Å². The van der Waals surface area contributed by atoms with E-state index in [1.54, 1.807) is 41.1 Å². The number of hydrogen-bond acceptors (Lipinski definition) is 4. The zero-order chi connectivity index (χ0) is 25.4. The van der Waals surface area contributed by atoms with E-state index in [-0.39, 0.29) is 5.91 Å². The second-order valence-corrected chi connectivity index (χ2v) is 9.19. The van der Waals surface area contributed by atoms with Crippen LogP contribution in [-0.2, 0) is 4.79 Å². The van der Waals surface area contributed by atoms with Crippen molar-refractivity contribution < 1.29 is 9.59 Å². The summed E-state index contributed by atoms with van der Waals surface area (Å²) in [6.07, 6.45) is 0. The number of aromatic nitrogens is 2. The number of halogens is 1. The number of carbonyl (C=O) groups is 2. The van der Waals surface area contributed by atoms with Crippen LogP contribution in [0.2, 0.25) is 5.02 Å². The van der Waals surface area contributed by atoms with E-state index in [0.717, 1.165) is 28.1 Å². The predicted octanol–water partition coefficient (Wildman–Crippen LogP) is 4.90. The molecular formula is C28H22ClN5O2.